The quantitative estimate of drug-likeness (QED) is 0.272. The van der Waals surface area contributed by atoms with Gasteiger partial charge in [0.25, 0.3) is 5.56 Å². The highest BCUT2D eigenvalue weighted by molar-refractivity contribution is 7.66. The van der Waals surface area contributed by atoms with Gasteiger partial charge in [-0.3, -0.25) is 9.32 Å². The smallest absolute Gasteiger partial charge is 0.387 e. The number of ether oxygens (including phenoxy) is 1. The number of hydrogen-bond donors (Lipinski definition) is 6. The van der Waals surface area contributed by atoms with Gasteiger partial charge >= 0.3 is 23.5 Å². The van der Waals surface area contributed by atoms with E-state index in [1.165, 1.54) is 13.0 Å². The molecule has 2 rings (SSSR count). The molecule has 14 nitrogen and oxygen atoms in total. The van der Waals surface area contributed by atoms with Crippen LogP contribution in [0.25, 0.3) is 0 Å². The van der Waals surface area contributed by atoms with Crippen molar-refractivity contribution >= 4 is 23.5 Å². The Labute approximate surface area is 161 Å². The highest BCUT2D eigenvalue weighted by Gasteiger charge is 2.47. The van der Waals surface area contributed by atoms with Gasteiger partial charge in [-0.15, -0.1) is 0 Å². The number of nitrogens with one attached hydrogen (secondary N) is 1. The summed E-state index contributed by atoms with van der Waals surface area (Å²) in [6, 6.07) is 1.31. The molecule has 1 saturated heterocycles. The lowest BCUT2D eigenvalue weighted by Gasteiger charge is -2.19. The number of halogens is 1. The number of aromatic nitrogens is 1. The first kappa shape index (κ1) is 24.5. The molecule has 1 aromatic rings. The van der Waals surface area contributed by atoms with Gasteiger partial charge in [0.2, 0.25) is 0 Å². The number of alkyl halides is 1. The van der Waals surface area contributed by atoms with E-state index >= 15 is 0 Å². The third-order valence-electron chi connectivity index (χ3n) is 3.58. The average molecular weight is 483 g/mol. The normalized spacial score (nSPS) is 29.3. The van der Waals surface area contributed by atoms with Crippen LogP contribution >= 0.6 is 23.5 Å². The first-order valence-electron chi connectivity index (χ1n) is 7.55. The van der Waals surface area contributed by atoms with Crippen molar-refractivity contribution in [1.82, 2.24) is 4.98 Å². The molecule has 0 bridgehead atoms. The number of aliphatic hydroxyl groups excluding tert-OH is 1. The van der Waals surface area contributed by atoms with Crippen molar-refractivity contribution in [1.29, 1.82) is 0 Å². The molecule has 1 aliphatic heterocycles. The Morgan fingerprint density at radius 2 is 1.79 bits per heavy atom. The molecule has 6 N–H and O–H groups in total. The van der Waals surface area contributed by atoms with Crippen molar-refractivity contribution in [3.8, 4) is 0 Å². The van der Waals surface area contributed by atoms with Gasteiger partial charge in [-0.1, -0.05) is 0 Å². The van der Waals surface area contributed by atoms with Gasteiger partial charge in [0.1, 0.15) is 18.3 Å². The Hall–Kier alpha value is -0.790. The molecule has 0 aromatic carbocycles. The summed E-state index contributed by atoms with van der Waals surface area (Å²) in [5, 5.41) is 9.90. The van der Waals surface area contributed by atoms with Crippen LogP contribution in [0.2, 0.25) is 0 Å². The van der Waals surface area contributed by atoms with Gasteiger partial charge in [-0.2, -0.15) is 8.62 Å². The van der Waals surface area contributed by atoms with E-state index in [2.05, 4.69) is 18.1 Å². The van der Waals surface area contributed by atoms with Crippen LogP contribution in [-0.2, 0) is 31.6 Å². The van der Waals surface area contributed by atoms with E-state index in [-0.39, 0.29) is 11.1 Å². The molecule has 18 heteroatoms. The molecule has 6 atom stereocenters. The topological polar surface area (TPSA) is 222 Å². The summed E-state index contributed by atoms with van der Waals surface area (Å²) in [4.78, 5) is 49.0. The van der Waals surface area contributed by atoms with E-state index in [4.69, 9.17) is 19.4 Å². The van der Waals surface area contributed by atoms with Gasteiger partial charge in [-0.25, -0.2) is 18.1 Å². The van der Waals surface area contributed by atoms with Crippen molar-refractivity contribution in [2.45, 2.75) is 31.4 Å². The monoisotopic (exact) mass is 483 g/mol. The summed E-state index contributed by atoms with van der Waals surface area (Å²) in [7, 11) is -16.7. The molecule has 1 aliphatic rings. The number of aliphatic hydroxyl groups is 1. The van der Waals surface area contributed by atoms with Crippen LogP contribution in [0.1, 0.15) is 17.2 Å². The number of rotatable bonds is 8. The molecule has 0 radical (unpaired) electrons. The Morgan fingerprint density at radius 3 is 2.34 bits per heavy atom. The Balaban J connectivity index is 2.03. The molecular weight excluding hydrogens is 466 g/mol. The summed E-state index contributed by atoms with van der Waals surface area (Å²) < 4.78 is 64.4. The molecule has 0 spiro atoms. The predicted octanol–water partition coefficient (Wildman–Crippen LogP) is 0.166. The molecule has 0 saturated carbocycles. The van der Waals surface area contributed by atoms with Crippen molar-refractivity contribution in [2.75, 3.05) is 6.61 Å². The zero-order valence-electron chi connectivity index (χ0n) is 14.4. The van der Waals surface area contributed by atoms with Crippen LogP contribution in [0.15, 0.2) is 17.1 Å². The molecule has 0 amide bonds. The number of aromatic amines is 1. The van der Waals surface area contributed by atoms with E-state index in [9.17, 15) is 32.9 Å². The summed E-state index contributed by atoms with van der Waals surface area (Å²) in [6.45, 7) is 0.442. The molecular formula is C11H17FNO13P3. The lowest BCUT2D eigenvalue weighted by Crippen LogP contribution is -2.31. The van der Waals surface area contributed by atoms with E-state index < -0.39 is 60.1 Å². The standard InChI is InChI=1S/C11H17FNO13P3/c1-5-2-6(3-13-11(5)15)10-8(12)9(14)7(24-10)4-23-28(19,20)26-29(21,22)25-27(16,17)18/h2-3,7-10,14H,4H2,1H3,(H,13,15)(H,19,20)(H,21,22)(H2,16,17,18)/t7-,8+,9?,10+/m1/s1. The van der Waals surface area contributed by atoms with Gasteiger partial charge in [0.05, 0.1) is 6.61 Å². The minimum absolute atomic E-state index is 0.162. The number of phosphoric ester groups is 1. The number of hydrogen-bond acceptors (Lipinski definition) is 9. The molecule has 166 valence electrons. The van der Waals surface area contributed by atoms with Crippen LogP contribution in [0, 0.1) is 6.92 Å². The van der Waals surface area contributed by atoms with E-state index in [1.54, 1.807) is 0 Å². The predicted molar refractivity (Wildman–Crippen MR) is 90.1 cm³/mol. The zero-order valence-corrected chi connectivity index (χ0v) is 17.1. The molecule has 29 heavy (non-hydrogen) atoms. The largest absolute Gasteiger partial charge is 0.490 e. The van der Waals surface area contributed by atoms with Gasteiger partial charge in [0.15, 0.2) is 6.17 Å². The van der Waals surface area contributed by atoms with Crippen LogP contribution in [0.4, 0.5) is 4.39 Å². The summed E-state index contributed by atoms with van der Waals surface area (Å²) in [5.74, 6) is 0. The average Bonchev–Trinajstić information content (AvgIpc) is 2.80. The lowest BCUT2D eigenvalue weighted by atomic mass is 10.0. The van der Waals surface area contributed by atoms with Gasteiger partial charge in [-0.05, 0) is 13.0 Å². The second kappa shape index (κ2) is 8.75. The van der Waals surface area contributed by atoms with Crippen LogP contribution in [0.3, 0.4) is 0 Å². The maximum Gasteiger partial charge on any atom is 0.490 e. The second-order valence-corrected chi connectivity index (χ2v) is 10.3. The van der Waals surface area contributed by atoms with E-state index in [0.717, 1.165) is 6.20 Å². The fourth-order valence-corrected chi connectivity index (χ4v) is 5.41. The van der Waals surface area contributed by atoms with E-state index in [0.29, 0.717) is 0 Å². The lowest BCUT2D eigenvalue weighted by molar-refractivity contribution is -0.0222. The molecule has 1 aromatic heterocycles. The third-order valence-corrected chi connectivity index (χ3v) is 7.38. The van der Waals surface area contributed by atoms with Crippen molar-refractivity contribution in [3.63, 3.8) is 0 Å². The highest BCUT2D eigenvalue weighted by Crippen LogP contribution is 2.66. The second-order valence-electron chi connectivity index (χ2n) is 5.86. The number of pyridine rings is 1. The van der Waals surface area contributed by atoms with Gasteiger partial charge < -0.3 is 34.4 Å². The maximum absolute atomic E-state index is 14.3. The Kier molecular flexibility index (Phi) is 7.39. The summed E-state index contributed by atoms with van der Waals surface area (Å²) >= 11 is 0. The number of phosphoric acid groups is 3. The highest BCUT2D eigenvalue weighted by atomic mass is 31.3. The molecule has 2 heterocycles. The SMILES string of the molecule is Cc1cc([C@@H]2O[C@H](COP(=O)(O)OP(=O)(O)OP(=O)(O)O)C(O)[C@@H]2F)c[nH]c1=O. The van der Waals surface area contributed by atoms with Crippen molar-refractivity contribution in [3.05, 3.63) is 33.7 Å². The van der Waals surface area contributed by atoms with Crippen LogP contribution < -0.4 is 5.56 Å². The van der Waals surface area contributed by atoms with Crippen molar-refractivity contribution < 1.29 is 60.6 Å². The Bertz CT molecular complexity index is 946. The van der Waals surface area contributed by atoms with Crippen LogP contribution in [0.5, 0.6) is 0 Å². The zero-order chi connectivity index (χ0) is 22.2. The first-order valence-corrected chi connectivity index (χ1v) is 12.1. The maximum atomic E-state index is 14.3. The van der Waals surface area contributed by atoms with Gasteiger partial charge in [0, 0.05) is 17.3 Å². The first-order chi connectivity index (χ1) is 13.1. The fourth-order valence-electron chi connectivity index (χ4n) is 2.38. The number of aryl methyl sites for hydroxylation is 1. The Morgan fingerprint density at radius 1 is 1.17 bits per heavy atom. The number of H-pyrrole nitrogens is 1. The minimum atomic E-state index is -5.71. The fraction of sp³-hybridized carbons (Fsp3) is 0.545. The van der Waals surface area contributed by atoms with Crippen LogP contribution in [-0.4, -0.2) is 54.7 Å². The van der Waals surface area contributed by atoms with Crippen molar-refractivity contribution in [2.24, 2.45) is 0 Å². The summed E-state index contributed by atoms with van der Waals surface area (Å²) in [5.41, 5.74) is -0.0223. The molecule has 3 unspecified atom stereocenters. The summed E-state index contributed by atoms with van der Waals surface area (Å²) in [6.07, 6.45) is -5.61. The minimum Gasteiger partial charge on any atom is -0.387 e. The van der Waals surface area contributed by atoms with E-state index in [1.807, 2.05) is 0 Å². The molecule has 1 fully saturated rings. The molecule has 0 aliphatic carbocycles. The third kappa shape index (κ3) is 6.86.